The lowest BCUT2D eigenvalue weighted by Crippen LogP contribution is -2.49. The van der Waals surface area contributed by atoms with E-state index in [-0.39, 0.29) is 18.2 Å². The summed E-state index contributed by atoms with van der Waals surface area (Å²) in [5.74, 6) is -0.358. The van der Waals surface area contributed by atoms with Crippen molar-refractivity contribution < 1.29 is 23.7 Å². The summed E-state index contributed by atoms with van der Waals surface area (Å²) in [6.45, 7) is 2.32. The van der Waals surface area contributed by atoms with Gasteiger partial charge in [-0.25, -0.2) is 4.79 Å². The van der Waals surface area contributed by atoms with E-state index in [0.717, 1.165) is 5.56 Å². The molecule has 5 heteroatoms. The van der Waals surface area contributed by atoms with Crippen LogP contribution in [-0.4, -0.2) is 37.7 Å². The molecule has 0 unspecified atom stereocenters. The first-order valence-corrected chi connectivity index (χ1v) is 8.77. The van der Waals surface area contributed by atoms with Crippen LogP contribution in [0.4, 0.5) is 0 Å². The molecular weight excluding hydrogens is 332 g/mol. The molecule has 5 nitrogen and oxygen atoms in total. The molecule has 0 N–H and O–H groups in total. The number of benzene rings is 2. The number of hydrogen-bond donors (Lipinski definition) is 0. The quantitative estimate of drug-likeness (QED) is 0.741. The minimum Gasteiger partial charge on any atom is -0.456 e. The maximum absolute atomic E-state index is 12.3. The Kier molecular flexibility index (Phi) is 6.39. The van der Waals surface area contributed by atoms with Crippen LogP contribution < -0.4 is 0 Å². The first kappa shape index (κ1) is 18.6. The second-order valence-electron chi connectivity index (χ2n) is 6.33. The van der Waals surface area contributed by atoms with Crippen LogP contribution in [0.3, 0.4) is 0 Å². The van der Waals surface area contributed by atoms with Crippen molar-refractivity contribution >= 4 is 5.97 Å². The number of methoxy groups -OCH3 is 1. The van der Waals surface area contributed by atoms with Gasteiger partial charge in [0.2, 0.25) is 0 Å². The molecule has 3 rings (SSSR count). The van der Waals surface area contributed by atoms with Crippen LogP contribution in [0.15, 0.2) is 60.7 Å². The van der Waals surface area contributed by atoms with E-state index >= 15 is 0 Å². The Labute approximate surface area is 153 Å². The second kappa shape index (κ2) is 8.94. The second-order valence-corrected chi connectivity index (χ2v) is 6.33. The molecule has 1 aliphatic rings. The molecule has 0 saturated carbocycles. The van der Waals surface area contributed by atoms with E-state index in [2.05, 4.69) is 0 Å². The Hall–Kier alpha value is -2.21. The smallest absolute Gasteiger partial charge is 0.338 e. The predicted molar refractivity (Wildman–Crippen MR) is 96.6 cm³/mol. The van der Waals surface area contributed by atoms with Gasteiger partial charge in [-0.15, -0.1) is 0 Å². The third kappa shape index (κ3) is 4.69. The molecule has 138 valence electrons. The van der Waals surface area contributed by atoms with Gasteiger partial charge in [0.1, 0.15) is 12.2 Å². The molecule has 0 spiro atoms. The topological polar surface area (TPSA) is 54.0 Å². The van der Waals surface area contributed by atoms with Gasteiger partial charge in [-0.3, -0.25) is 0 Å². The molecular formula is C21H24O5. The van der Waals surface area contributed by atoms with Gasteiger partial charge in [-0.05, 0) is 24.6 Å². The first-order chi connectivity index (χ1) is 12.7. The van der Waals surface area contributed by atoms with Gasteiger partial charge in [0, 0.05) is 13.5 Å². The van der Waals surface area contributed by atoms with Crippen molar-refractivity contribution in [2.24, 2.45) is 0 Å². The van der Waals surface area contributed by atoms with Crippen molar-refractivity contribution in [2.45, 2.75) is 44.6 Å². The largest absolute Gasteiger partial charge is 0.456 e. The lowest BCUT2D eigenvalue weighted by Gasteiger charge is -2.38. The molecule has 1 heterocycles. The van der Waals surface area contributed by atoms with Crippen molar-refractivity contribution in [3.05, 3.63) is 71.8 Å². The number of esters is 1. The van der Waals surface area contributed by atoms with Gasteiger partial charge < -0.3 is 18.9 Å². The molecule has 1 saturated heterocycles. The van der Waals surface area contributed by atoms with Crippen molar-refractivity contribution in [3.8, 4) is 0 Å². The Balaban J connectivity index is 1.62. The molecule has 0 radical (unpaired) electrons. The van der Waals surface area contributed by atoms with Crippen molar-refractivity contribution in [1.29, 1.82) is 0 Å². The molecule has 2 aromatic rings. The summed E-state index contributed by atoms with van der Waals surface area (Å²) in [6.07, 6.45) is -0.949. The number of ether oxygens (including phenoxy) is 4. The van der Waals surface area contributed by atoms with Gasteiger partial charge in [0.05, 0.1) is 18.3 Å². The maximum atomic E-state index is 12.3. The van der Waals surface area contributed by atoms with Crippen LogP contribution >= 0.6 is 0 Å². The Morgan fingerprint density at radius 3 is 2.35 bits per heavy atom. The minimum absolute atomic E-state index is 0.274. The lowest BCUT2D eigenvalue weighted by molar-refractivity contribution is -0.264. The van der Waals surface area contributed by atoms with E-state index in [1.54, 1.807) is 19.2 Å². The summed E-state index contributed by atoms with van der Waals surface area (Å²) in [5, 5.41) is 0. The van der Waals surface area contributed by atoms with Gasteiger partial charge in [-0.2, -0.15) is 0 Å². The predicted octanol–water partition coefficient (Wildman–Crippen LogP) is 3.58. The summed E-state index contributed by atoms with van der Waals surface area (Å²) in [5.41, 5.74) is 1.59. The number of hydrogen-bond acceptors (Lipinski definition) is 5. The third-order valence-electron chi connectivity index (χ3n) is 4.45. The highest BCUT2D eigenvalue weighted by molar-refractivity contribution is 5.89. The van der Waals surface area contributed by atoms with E-state index in [9.17, 15) is 4.79 Å². The normalized spacial score (nSPS) is 25.6. The number of carbonyl (C=O) groups excluding carboxylic acids is 1. The summed E-state index contributed by atoms with van der Waals surface area (Å²) in [4.78, 5) is 12.3. The van der Waals surface area contributed by atoms with Crippen LogP contribution in [0.25, 0.3) is 0 Å². The molecule has 0 aromatic heterocycles. The lowest BCUT2D eigenvalue weighted by atomic mass is 10.0. The molecule has 4 atom stereocenters. The zero-order valence-corrected chi connectivity index (χ0v) is 15.0. The molecule has 0 bridgehead atoms. The molecule has 2 aromatic carbocycles. The monoisotopic (exact) mass is 356 g/mol. The van der Waals surface area contributed by atoms with Crippen LogP contribution in [-0.2, 0) is 25.6 Å². The minimum atomic E-state index is -0.486. The van der Waals surface area contributed by atoms with Crippen molar-refractivity contribution in [2.75, 3.05) is 7.11 Å². The van der Waals surface area contributed by atoms with Crippen LogP contribution in [0.5, 0.6) is 0 Å². The van der Waals surface area contributed by atoms with E-state index in [1.807, 2.05) is 55.5 Å². The first-order valence-electron chi connectivity index (χ1n) is 8.77. The van der Waals surface area contributed by atoms with Crippen LogP contribution in [0.2, 0.25) is 0 Å². The van der Waals surface area contributed by atoms with E-state index < -0.39 is 12.4 Å². The van der Waals surface area contributed by atoms with Gasteiger partial charge in [0.25, 0.3) is 0 Å². The zero-order valence-electron chi connectivity index (χ0n) is 15.0. The highest BCUT2D eigenvalue weighted by Crippen LogP contribution is 2.27. The number of rotatable bonds is 6. The SMILES string of the molecule is CO[C@H]1O[C@@H](C)[C@@H](OC(=O)c2ccccc2)C[C@@H]1OCc1ccccc1. The van der Waals surface area contributed by atoms with E-state index in [0.29, 0.717) is 18.6 Å². The number of carbonyl (C=O) groups is 1. The van der Waals surface area contributed by atoms with Gasteiger partial charge >= 0.3 is 5.97 Å². The molecule has 1 aliphatic heterocycles. The van der Waals surface area contributed by atoms with Gasteiger partial charge in [-0.1, -0.05) is 48.5 Å². The van der Waals surface area contributed by atoms with E-state index in [4.69, 9.17) is 18.9 Å². The summed E-state index contributed by atoms with van der Waals surface area (Å²) in [7, 11) is 1.59. The Bertz CT molecular complexity index is 688. The average molecular weight is 356 g/mol. The standard InChI is InChI=1S/C21H24O5/c1-15-18(26-20(22)17-11-7-4-8-12-17)13-19(21(23-2)25-15)24-14-16-9-5-3-6-10-16/h3-12,15,18-19,21H,13-14H2,1-2H3/t15-,18-,19-,21-/m0/s1. The van der Waals surface area contributed by atoms with Crippen molar-refractivity contribution in [3.63, 3.8) is 0 Å². The Morgan fingerprint density at radius 2 is 1.69 bits per heavy atom. The fourth-order valence-electron chi connectivity index (χ4n) is 2.97. The van der Waals surface area contributed by atoms with E-state index in [1.165, 1.54) is 0 Å². The van der Waals surface area contributed by atoms with Gasteiger partial charge in [0.15, 0.2) is 6.29 Å². The molecule has 0 aliphatic carbocycles. The molecule has 0 amide bonds. The summed E-state index contributed by atoms with van der Waals surface area (Å²) >= 11 is 0. The average Bonchev–Trinajstić information content (AvgIpc) is 2.69. The van der Waals surface area contributed by atoms with Crippen LogP contribution in [0, 0.1) is 0 Å². The third-order valence-corrected chi connectivity index (χ3v) is 4.45. The van der Waals surface area contributed by atoms with Crippen LogP contribution in [0.1, 0.15) is 29.3 Å². The summed E-state index contributed by atoms with van der Waals surface area (Å²) < 4.78 is 22.9. The van der Waals surface area contributed by atoms with Crippen molar-refractivity contribution in [1.82, 2.24) is 0 Å². The fraction of sp³-hybridized carbons (Fsp3) is 0.381. The molecule has 26 heavy (non-hydrogen) atoms. The maximum Gasteiger partial charge on any atom is 0.338 e. The highest BCUT2D eigenvalue weighted by atomic mass is 16.7. The highest BCUT2D eigenvalue weighted by Gasteiger charge is 2.39. The molecule has 1 fully saturated rings. The fourth-order valence-corrected chi connectivity index (χ4v) is 2.97. The summed E-state index contributed by atoms with van der Waals surface area (Å²) in [6, 6.07) is 18.9. The zero-order chi connectivity index (χ0) is 18.4. The Morgan fingerprint density at radius 1 is 1.04 bits per heavy atom.